The van der Waals surface area contributed by atoms with Crippen LogP contribution in [0.5, 0.6) is 11.5 Å². The molecular weight excluding hydrogens is 550 g/mol. The molecule has 0 saturated carbocycles. The summed E-state index contributed by atoms with van der Waals surface area (Å²) in [7, 11) is 11.6. The van der Waals surface area contributed by atoms with Gasteiger partial charge in [-0.05, 0) is 75.9 Å². The van der Waals surface area contributed by atoms with Gasteiger partial charge in [0, 0.05) is 27.4 Å². The minimum absolute atomic E-state index is 0.146. The Morgan fingerprint density at radius 3 is 1.73 bits per heavy atom. The first-order chi connectivity index (χ1) is 21.2. The Kier molecular flexibility index (Phi) is 11.8. The van der Waals surface area contributed by atoms with Gasteiger partial charge >= 0.3 is 14.4 Å². The number of hydrogen-bond donors (Lipinski definition) is 0. The van der Waals surface area contributed by atoms with Gasteiger partial charge in [0.1, 0.15) is 17.0 Å². The molecule has 9 heteroatoms. The maximum atomic E-state index is 6.42. The lowest BCUT2D eigenvalue weighted by Crippen LogP contribution is -2.62. The summed E-state index contributed by atoms with van der Waals surface area (Å²) in [6.07, 6.45) is 0. The lowest BCUT2D eigenvalue weighted by molar-refractivity contribution is -0.378. The maximum absolute atomic E-state index is 6.42. The molecule has 4 aromatic carbocycles. The summed E-state index contributed by atoms with van der Waals surface area (Å²) in [4.78, 5) is 4.17. The zero-order valence-corrected chi connectivity index (χ0v) is 27.0. The van der Waals surface area contributed by atoms with Crippen LogP contribution in [0.15, 0.2) is 109 Å². The Balaban J connectivity index is 1.43. The van der Waals surface area contributed by atoms with Crippen LogP contribution in [-0.2, 0) is 24.3 Å². The summed E-state index contributed by atoms with van der Waals surface area (Å²) in [6.45, 7) is 3.39. The topological polar surface area (TPSA) is 52.6 Å². The largest absolute Gasteiger partial charge is 0.457 e. The van der Waals surface area contributed by atoms with Gasteiger partial charge in [0.25, 0.3) is 5.97 Å². The van der Waals surface area contributed by atoms with Crippen molar-refractivity contribution >= 4 is 30.8 Å². The number of ether oxygens (including phenoxy) is 3. The molecule has 0 aliphatic carbocycles. The van der Waals surface area contributed by atoms with Crippen molar-refractivity contribution in [3.63, 3.8) is 0 Å². The number of methoxy groups -OCH3 is 2. The third kappa shape index (κ3) is 7.80. The highest BCUT2D eigenvalue weighted by molar-refractivity contribution is 6.80. The van der Waals surface area contributed by atoms with E-state index in [0.717, 1.165) is 40.0 Å². The highest BCUT2D eigenvalue weighted by Gasteiger charge is 2.54. The maximum Gasteiger partial charge on any atom is 0.361 e. The molecule has 0 spiro atoms. The Morgan fingerprint density at radius 1 is 0.682 bits per heavy atom. The van der Waals surface area contributed by atoms with Crippen LogP contribution in [-0.4, -0.2) is 85.7 Å². The molecule has 0 aliphatic rings. The van der Waals surface area contributed by atoms with Crippen molar-refractivity contribution in [2.75, 3.05) is 55.6 Å². The zero-order valence-electron chi connectivity index (χ0n) is 27.0. The monoisotopic (exact) mass is 594 g/mol. The molecule has 230 valence electrons. The summed E-state index contributed by atoms with van der Waals surface area (Å²) in [5, 5.41) is 0. The Labute approximate surface area is 264 Å². The van der Waals surface area contributed by atoms with Crippen molar-refractivity contribution in [1.82, 2.24) is 9.80 Å². The third-order valence-electron chi connectivity index (χ3n) is 8.06. The molecule has 0 N–H and O–H groups in total. The smallest absolute Gasteiger partial charge is 0.361 e. The van der Waals surface area contributed by atoms with Crippen LogP contribution in [0.4, 0.5) is 0 Å². The van der Waals surface area contributed by atoms with E-state index in [1.165, 1.54) is 0 Å². The molecule has 0 saturated heterocycles. The second-order valence-electron chi connectivity index (χ2n) is 11.4. The van der Waals surface area contributed by atoms with E-state index < -0.39 is 11.5 Å². The molecule has 7 nitrogen and oxygen atoms in total. The van der Waals surface area contributed by atoms with Gasteiger partial charge in [-0.15, -0.1) is 0 Å². The van der Waals surface area contributed by atoms with Crippen LogP contribution in [0.3, 0.4) is 0 Å². The van der Waals surface area contributed by atoms with Gasteiger partial charge in [-0.2, -0.15) is 0 Å². The summed E-state index contributed by atoms with van der Waals surface area (Å²) in [5.74, 6) is 0.124. The number of hydrogen-bond acceptors (Lipinski definition) is 7. The van der Waals surface area contributed by atoms with Crippen molar-refractivity contribution < 1.29 is 23.5 Å². The molecule has 44 heavy (non-hydrogen) atoms. The minimum Gasteiger partial charge on any atom is -0.457 e. The Bertz CT molecular complexity index is 1400. The predicted octanol–water partition coefficient (Wildman–Crippen LogP) is 3.58. The highest BCUT2D eigenvalue weighted by Crippen LogP contribution is 2.40. The van der Waals surface area contributed by atoms with Crippen LogP contribution in [0.1, 0.15) is 12.5 Å². The quantitative estimate of drug-likeness (QED) is 0.145. The minimum atomic E-state index is -1.36. The fourth-order valence-corrected chi connectivity index (χ4v) is 5.26. The van der Waals surface area contributed by atoms with E-state index in [4.69, 9.17) is 23.5 Å². The van der Waals surface area contributed by atoms with Gasteiger partial charge in [-0.1, -0.05) is 90.4 Å². The first kappa shape index (κ1) is 33.5. The SMILES string of the molecule is COC(OC)(OBc1ccc(Oc2ccc(B(OCCN(C)C)c3ccccc3)cc2)cc1)C(C)(c1ccccc1)N(C)C. The molecule has 1 atom stereocenters. The number of benzene rings is 4. The molecule has 0 radical (unpaired) electrons. The van der Waals surface area contributed by atoms with Crippen LogP contribution >= 0.6 is 0 Å². The number of likely N-dealkylation sites (N-methyl/N-ethyl adjacent to an activating group) is 2. The van der Waals surface area contributed by atoms with E-state index in [-0.39, 0.29) is 14.4 Å². The van der Waals surface area contributed by atoms with Crippen molar-refractivity contribution in [3.8, 4) is 11.5 Å². The van der Waals surface area contributed by atoms with Crippen molar-refractivity contribution in [3.05, 3.63) is 115 Å². The standard InChI is InChI=1S/C35H44B2N2O5/c1-34(39(4)5,28-14-10-8-11-15-28)35(40-6,41-7)44-36-29-18-22-32(23-19-29)43-33-24-20-31(21-25-33)37(42-27-26-38(2)3)30-16-12-9-13-17-30/h8-25,36H,26-27H2,1-7H3. The van der Waals surface area contributed by atoms with Crippen LogP contribution < -0.4 is 21.1 Å². The third-order valence-corrected chi connectivity index (χ3v) is 8.06. The van der Waals surface area contributed by atoms with Crippen molar-refractivity contribution in [2.24, 2.45) is 0 Å². The van der Waals surface area contributed by atoms with Crippen molar-refractivity contribution in [2.45, 2.75) is 18.4 Å². The van der Waals surface area contributed by atoms with Gasteiger partial charge in [0.15, 0.2) is 0 Å². The highest BCUT2D eigenvalue weighted by atomic mass is 16.9. The van der Waals surface area contributed by atoms with Gasteiger partial charge in [0.05, 0.1) is 0 Å². The molecule has 0 aliphatic heterocycles. The van der Waals surface area contributed by atoms with Crippen LogP contribution in [0, 0.1) is 0 Å². The predicted molar refractivity (Wildman–Crippen MR) is 181 cm³/mol. The van der Waals surface area contributed by atoms with E-state index >= 15 is 0 Å². The van der Waals surface area contributed by atoms with E-state index in [0.29, 0.717) is 6.61 Å². The molecule has 4 aromatic rings. The molecular formula is C35H44B2N2O5. The van der Waals surface area contributed by atoms with Gasteiger partial charge in [-0.25, -0.2) is 0 Å². The molecule has 0 fully saturated rings. The first-order valence-electron chi connectivity index (χ1n) is 14.9. The second kappa shape index (κ2) is 15.5. The van der Waals surface area contributed by atoms with Crippen molar-refractivity contribution in [1.29, 1.82) is 0 Å². The normalized spacial score (nSPS) is 13.1. The molecule has 0 amide bonds. The van der Waals surface area contributed by atoms with E-state index in [2.05, 4.69) is 53.1 Å². The molecule has 0 bridgehead atoms. The first-order valence-corrected chi connectivity index (χ1v) is 14.9. The van der Waals surface area contributed by atoms with Gasteiger partial charge in [-0.3, -0.25) is 4.90 Å². The second-order valence-corrected chi connectivity index (χ2v) is 11.4. The summed E-state index contributed by atoms with van der Waals surface area (Å²) < 4.78 is 30.8. The number of nitrogens with zero attached hydrogens (tertiary/aromatic N) is 2. The fourth-order valence-electron chi connectivity index (χ4n) is 5.26. The summed E-state index contributed by atoms with van der Waals surface area (Å²) >= 11 is 0. The zero-order chi connectivity index (χ0) is 31.6. The molecule has 1 unspecified atom stereocenters. The summed E-state index contributed by atoms with van der Waals surface area (Å²) in [6, 6.07) is 36.3. The lowest BCUT2D eigenvalue weighted by Gasteiger charge is -2.49. The van der Waals surface area contributed by atoms with Crippen LogP contribution in [0.2, 0.25) is 0 Å². The Hall–Kier alpha value is -3.43. The van der Waals surface area contributed by atoms with Gasteiger partial charge in [0.2, 0.25) is 0 Å². The Morgan fingerprint density at radius 2 is 1.20 bits per heavy atom. The van der Waals surface area contributed by atoms with E-state index in [1.54, 1.807) is 14.2 Å². The summed E-state index contributed by atoms with van der Waals surface area (Å²) in [5.41, 5.74) is 3.44. The fraction of sp³-hybridized carbons (Fsp3) is 0.314. The van der Waals surface area contributed by atoms with Gasteiger partial charge < -0.3 is 28.4 Å². The van der Waals surface area contributed by atoms with E-state index in [1.807, 2.05) is 101 Å². The molecule has 0 aromatic heterocycles. The van der Waals surface area contributed by atoms with E-state index in [9.17, 15) is 0 Å². The molecule has 0 heterocycles. The molecule has 4 rings (SSSR count). The number of rotatable bonds is 16. The average Bonchev–Trinajstić information content (AvgIpc) is 3.05. The average molecular weight is 594 g/mol. The lowest BCUT2D eigenvalue weighted by atomic mass is 9.55. The van der Waals surface area contributed by atoms with Crippen LogP contribution in [0.25, 0.3) is 0 Å².